The average Bonchev–Trinajstić information content (AvgIpc) is 2.88. The van der Waals surface area contributed by atoms with Gasteiger partial charge in [-0.25, -0.2) is 14.6 Å². The van der Waals surface area contributed by atoms with Gasteiger partial charge >= 0.3 is 18.1 Å². The fraction of sp³-hybridized carbons (Fsp3) is 0.154. The maximum atomic E-state index is 10.6. The summed E-state index contributed by atoms with van der Waals surface area (Å²) >= 11 is 0. The van der Waals surface area contributed by atoms with Crippen molar-refractivity contribution in [2.45, 2.75) is 12.7 Å². The van der Waals surface area contributed by atoms with Gasteiger partial charge in [0.05, 0.1) is 6.33 Å². The molecule has 0 aliphatic heterocycles. The Kier molecular flexibility index (Phi) is 5.67. The van der Waals surface area contributed by atoms with Crippen LogP contribution in [0.2, 0.25) is 0 Å². The van der Waals surface area contributed by atoms with Gasteiger partial charge in [0.1, 0.15) is 0 Å². The Balaban J connectivity index is 0.000000295. The first-order valence-electron chi connectivity index (χ1n) is 5.79. The van der Waals surface area contributed by atoms with E-state index in [4.69, 9.17) is 15.0 Å². The Morgan fingerprint density at radius 1 is 1.14 bits per heavy atom. The lowest BCUT2D eigenvalue weighted by Crippen LogP contribution is -2.21. The van der Waals surface area contributed by atoms with Crippen LogP contribution in [0.4, 0.5) is 13.2 Å². The molecule has 9 heteroatoms. The number of hydrogen-bond acceptors (Lipinski definition) is 3. The van der Waals surface area contributed by atoms with E-state index in [2.05, 4.69) is 4.98 Å². The van der Waals surface area contributed by atoms with Crippen molar-refractivity contribution in [2.75, 3.05) is 0 Å². The average molecular weight is 316 g/mol. The molecule has 118 valence electrons. The number of hydrogen-bond donors (Lipinski definition) is 2. The molecule has 2 aromatic rings. The monoisotopic (exact) mass is 316 g/mol. The zero-order valence-corrected chi connectivity index (χ0v) is 11.0. The number of aliphatic carboxylic acids is 1. The molecule has 0 bridgehead atoms. The molecule has 2 rings (SSSR count). The third-order valence-electron chi connectivity index (χ3n) is 2.30. The summed E-state index contributed by atoms with van der Waals surface area (Å²) in [4.78, 5) is 23.3. The van der Waals surface area contributed by atoms with E-state index >= 15 is 0 Å². The lowest BCUT2D eigenvalue weighted by Gasteiger charge is -2.00. The van der Waals surface area contributed by atoms with Crippen molar-refractivity contribution < 1.29 is 33.0 Å². The zero-order chi connectivity index (χ0) is 16.8. The van der Waals surface area contributed by atoms with E-state index in [1.54, 1.807) is 4.57 Å². The van der Waals surface area contributed by atoms with Gasteiger partial charge in [0.2, 0.25) is 0 Å². The zero-order valence-electron chi connectivity index (χ0n) is 11.0. The normalized spacial score (nSPS) is 10.5. The minimum atomic E-state index is -5.08. The van der Waals surface area contributed by atoms with Gasteiger partial charge in [0.25, 0.3) is 0 Å². The van der Waals surface area contributed by atoms with Gasteiger partial charge in [-0.2, -0.15) is 13.2 Å². The van der Waals surface area contributed by atoms with E-state index in [9.17, 15) is 18.0 Å². The molecule has 1 heterocycles. The predicted octanol–water partition coefficient (Wildman–Crippen LogP) is 2.26. The van der Waals surface area contributed by atoms with Crippen LogP contribution >= 0.6 is 0 Å². The number of carboxylic acid groups (broad SMARTS) is 2. The largest absolute Gasteiger partial charge is 0.490 e. The third kappa shape index (κ3) is 5.65. The molecular weight excluding hydrogens is 305 g/mol. The van der Waals surface area contributed by atoms with Crippen LogP contribution in [0.25, 0.3) is 0 Å². The van der Waals surface area contributed by atoms with Crippen molar-refractivity contribution in [3.05, 3.63) is 54.1 Å². The van der Waals surface area contributed by atoms with Crippen molar-refractivity contribution in [3.63, 3.8) is 0 Å². The van der Waals surface area contributed by atoms with E-state index in [0.29, 0.717) is 6.54 Å². The van der Waals surface area contributed by atoms with Crippen molar-refractivity contribution in [3.8, 4) is 0 Å². The molecule has 22 heavy (non-hydrogen) atoms. The molecule has 0 spiro atoms. The molecule has 0 amide bonds. The van der Waals surface area contributed by atoms with Crippen LogP contribution in [0.1, 0.15) is 16.1 Å². The maximum Gasteiger partial charge on any atom is 0.490 e. The smallest absolute Gasteiger partial charge is 0.476 e. The van der Waals surface area contributed by atoms with E-state index < -0.39 is 18.1 Å². The van der Waals surface area contributed by atoms with E-state index in [1.807, 2.05) is 30.3 Å². The molecule has 0 radical (unpaired) electrons. The Bertz CT molecular complexity index is 638. The Hall–Kier alpha value is -2.84. The number of carbonyl (C=O) groups is 2. The molecule has 1 aromatic carbocycles. The number of imidazole rings is 1. The lowest BCUT2D eigenvalue weighted by molar-refractivity contribution is -0.192. The fourth-order valence-electron chi connectivity index (χ4n) is 1.35. The molecular formula is C13H11F3N2O4. The number of benzene rings is 1. The van der Waals surface area contributed by atoms with Crippen LogP contribution in [-0.2, 0) is 11.3 Å². The summed E-state index contributed by atoms with van der Waals surface area (Å²) in [6.45, 7) is 0.640. The van der Waals surface area contributed by atoms with Gasteiger partial charge in [-0.15, -0.1) is 0 Å². The maximum absolute atomic E-state index is 10.6. The number of halogens is 3. The van der Waals surface area contributed by atoms with Crippen molar-refractivity contribution >= 4 is 11.9 Å². The highest BCUT2D eigenvalue weighted by molar-refractivity contribution is 5.84. The van der Waals surface area contributed by atoms with Crippen LogP contribution in [0.5, 0.6) is 0 Å². The van der Waals surface area contributed by atoms with Crippen LogP contribution in [0.15, 0.2) is 42.9 Å². The summed E-state index contributed by atoms with van der Waals surface area (Å²) in [7, 11) is 0. The van der Waals surface area contributed by atoms with E-state index in [-0.39, 0.29) is 5.69 Å². The van der Waals surface area contributed by atoms with Crippen LogP contribution < -0.4 is 0 Å². The van der Waals surface area contributed by atoms with Gasteiger partial charge in [-0.05, 0) is 5.56 Å². The fourth-order valence-corrected chi connectivity index (χ4v) is 1.35. The van der Waals surface area contributed by atoms with Crippen molar-refractivity contribution in [2.24, 2.45) is 0 Å². The summed E-state index contributed by atoms with van der Waals surface area (Å²) in [6, 6.07) is 9.82. The van der Waals surface area contributed by atoms with Crippen molar-refractivity contribution in [1.82, 2.24) is 9.55 Å². The minimum absolute atomic E-state index is 0.0749. The highest BCUT2D eigenvalue weighted by Gasteiger charge is 2.38. The molecule has 0 aliphatic rings. The topological polar surface area (TPSA) is 92.4 Å². The summed E-state index contributed by atoms with van der Waals surface area (Å²) in [5, 5.41) is 15.8. The van der Waals surface area contributed by atoms with Gasteiger partial charge in [0, 0.05) is 12.7 Å². The number of aromatic nitrogens is 2. The first kappa shape index (κ1) is 17.2. The SMILES string of the molecule is O=C(O)C(F)(F)F.O=C(O)c1cn(Cc2ccccc2)cn1. The number of nitrogens with zero attached hydrogens (tertiary/aromatic N) is 2. The molecule has 0 saturated carbocycles. The van der Waals surface area contributed by atoms with E-state index in [0.717, 1.165) is 5.56 Å². The van der Waals surface area contributed by atoms with Gasteiger partial charge in [-0.1, -0.05) is 30.3 Å². The second kappa shape index (κ2) is 7.25. The Morgan fingerprint density at radius 2 is 1.68 bits per heavy atom. The summed E-state index contributed by atoms with van der Waals surface area (Å²) in [5.74, 6) is -3.76. The highest BCUT2D eigenvalue weighted by Crippen LogP contribution is 2.13. The van der Waals surface area contributed by atoms with Crippen LogP contribution in [0, 0.1) is 0 Å². The Labute approximate surface area is 122 Å². The lowest BCUT2D eigenvalue weighted by atomic mass is 10.2. The van der Waals surface area contributed by atoms with E-state index in [1.165, 1.54) is 12.5 Å². The first-order chi connectivity index (χ1) is 10.2. The molecule has 0 unspecified atom stereocenters. The molecule has 0 saturated heterocycles. The van der Waals surface area contributed by atoms with Gasteiger partial charge in [-0.3, -0.25) is 0 Å². The number of rotatable bonds is 3. The summed E-state index contributed by atoms with van der Waals surface area (Å²) < 4.78 is 33.5. The molecule has 0 aliphatic carbocycles. The summed E-state index contributed by atoms with van der Waals surface area (Å²) in [6.07, 6.45) is -2.04. The van der Waals surface area contributed by atoms with Gasteiger partial charge in [0.15, 0.2) is 5.69 Å². The minimum Gasteiger partial charge on any atom is -0.476 e. The van der Waals surface area contributed by atoms with Crippen LogP contribution in [-0.4, -0.2) is 37.9 Å². The molecule has 1 aromatic heterocycles. The first-order valence-corrected chi connectivity index (χ1v) is 5.79. The Morgan fingerprint density at radius 3 is 2.09 bits per heavy atom. The van der Waals surface area contributed by atoms with Gasteiger partial charge < -0.3 is 14.8 Å². The standard InChI is InChI=1S/C11H10N2O2.C2HF3O2/c14-11(15)10-7-13(8-12-10)6-9-4-2-1-3-5-9;3-2(4,5)1(6)7/h1-5,7-8H,6H2,(H,14,15);(H,6,7). The molecule has 6 nitrogen and oxygen atoms in total. The molecule has 0 atom stereocenters. The second-order valence-corrected chi connectivity index (χ2v) is 4.02. The van der Waals surface area contributed by atoms with Crippen molar-refractivity contribution in [1.29, 1.82) is 0 Å². The van der Waals surface area contributed by atoms with Crippen LogP contribution in [0.3, 0.4) is 0 Å². The number of aromatic carboxylic acids is 1. The number of alkyl halides is 3. The highest BCUT2D eigenvalue weighted by atomic mass is 19.4. The molecule has 2 N–H and O–H groups in total. The predicted molar refractivity (Wildman–Crippen MR) is 68.4 cm³/mol. The summed E-state index contributed by atoms with van der Waals surface area (Å²) in [5.41, 5.74) is 1.19. The second-order valence-electron chi connectivity index (χ2n) is 4.02. The molecule has 0 fully saturated rings. The third-order valence-corrected chi connectivity index (χ3v) is 2.30. The quantitative estimate of drug-likeness (QED) is 0.906. The number of carboxylic acids is 2.